The van der Waals surface area contributed by atoms with Crippen molar-refractivity contribution in [3.8, 4) is 11.1 Å². The summed E-state index contributed by atoms with van der Waals surface area (Å²) in [6, 6.07) is 17.3. The summed E-state index contributed by atoms with van der Waals surface area (Å²) in [7, 11) is 0. The Morgan fingerprint density at radius 3 is 2.33 bits per heavy atom. The molecule has 0 aliphatic heterocycles. The molecule has 18 heavy (non-hydrogen) atoms. The molecule has 0 heterocycles. The average molecular weight is 238 g/mol. The number of hydrogen-bond donors (Lipinski definition) is 0. The summed E-state index contributed by atoms with van der Waals surface area (Å²) >= 11 is 0. The van der Waals surface area contributed by atoms with Crippen LogP contribution in [0.25, 0.3) is 11.1 Å². The number of ether oxygens (including phenoxy) is 1. The lowest BCUT2D eigenvalue weighted by molar-refractivity contribution is 0.0628. The van der Waals surface area contributed by atoms with E-state index in [1.54, 1.807) is 13.0 Å². The van der Waals surface area contributed by atoms with Crippen LogP contribution in [0, 0.1) is 0 Å². The monoisotopic (exact) mass is 238 g/mol. The van der Waals surface area contributed by atoms with E-state index in [4.69, 9.17) is 4.74 Å². The zero-order valence-electron chi connectivity index (χ0n) is 10.2. The number of allylic oxidation sites excluding steroid dienone is 1. The second kappa shape index (κ2) is 5.32. The Balaban J connectivity index is 2.31. The van der Waals surface area contributed by atoms with Gasteiger partial charge in [0.25, 0.3) is 0 Å². The summed E-state index contributed by atoms with van der Waals surface area (Å²) in [4.78, 5) is 11.8. The van der Waals surface area contributed by atoms with Gasteiger partial charge in [0.15, 0.2) is 0 Å². The van der Waals surface area contributed by atoms with Gasteiger partial charge in [-0.25, -0.2) is 4.79 Å². The van der Waals surface area contributed by atoms with Crippen LogP contribution in [0.5, 0.6) is 0 Å². The Hall–Kier alpha value is -2.35. The smallest absolute Gasteiger partial charge is 0.343 e. The van der Waals surface area contributed by atoms with Gasteiger partial charge in [-0.2, -0.15) is 0 Å². The van der Waals surface area contributed by atoms with E-state index in [-0.39, 0.29) is 5.97 Å². The number of carbonyl (C=O) groups excluding carboxylic acids is 1. The Bertz CT molecular complexity index is 571. The quantitative estimate of drug-likeness (QED) is 0.595. The third kappa shape index (κ3) is 2.86. The van der Waals surface area contributed by atoms with Gasteiger partial charge < -0.3 is 4.74 Å². The fourth-order valence-electron chi connectivity index (χ4n) is 1.67. The maximum Gasteiger partial charge on any atom is 0.343 e. The molecule has 0 saturated carbocycles. The van der Waals surface area contributed by atoms with Gasteiger partial charge in [-0.1, -0.05) is 49.0 Å². The molecule has 0 bridgehead atoms. The van der Waals surface area contributed by atoms with Gasteiger partial charge in [0.2, 0.25) is 0 Å². The largest absolute Gasteiger partial charge is 0.428 e. The molecule has 2 rings (SSSR count). The second-order valence-corrected chi connectivity index (χ2v) is 4.04. The van der Waals surface area contributed by atoms with Crippen molar-refractivity contribution < 1.29 is 9.53 Å². The SMILES string of the molecule is C=C(C)OC(=O)c1cccc(-c2ccccc2)c1. The molecule has 0 aliphatic carbocycles. The Morgan fingerprint density at radius 1 is 1.00 bits per heavy atom. The first kappa shape index (κ1) is 12.1. The molecule has 0 atom stereocenters. The van der Waals surface area contributed by atoms with E-state index in [9.17, 15) is 4.79 Å². The van der Waals surface area contributed by atoms with Crippen LogP contribution in [-0.4, -0.2) is 5.97 Å². The summed E-state index contributed by atoms with van der Waals surface area (Å²) < 4.78 is 4.99. The minimum atomic E-state index is -0.375. The minimum absolute atomic E-state index is 0.375. The van der Waals surface area contributed by atoms with E-state index in [2.05, 4.69) is 6.58 Å². The number of carbonyl (C=O) groups is 1. The van der Waals surface area contributed by atoms with Crippen LogP contribution in [0.4, 0.5) is 0 Å². The van der Waals surface area contributed by atoms with Crippen molar-refractivity contribution in [1.82, 2.24) is 0 Å². The highest BCUT2D eigenvalue weighted by molar-refractivity contribution is 5.91. The number of hydrogen-bond acceptors (Lipinski definition) is 2. The van der Waals surface area contributed by atoms with E-state index in [1.165, 1.54) is 0 Å². The van der Waals surface area contributed by atoms with Crippen molar-refractivity contribution in [1.29, 1.82) is 0 Å². The van der Waals surface area contributed by atoms with E-state index >= 15 is 0 Å². The highest BCUT2D eigenvalue weighted by Crippen LogP contribution is 2.20. The van der Waals surface area contributed by atoms with E-state index in [1.807, 2.05) is 48.5 Å². The van der Waals surface area contributed by atoms with Gasteiger partial charge >= 0.3 is 5.97 Å². The Kier molecular flexibility index (Phi) is 3.58. The molecular weight excluding hydrogens is 224 g/mol. The Morgan fingerprint density at radius 2 is 1.67 bits per heavy atom. The summed E-state index contributed by atoms with van der Waals surface area (Å²) in [5.41, 5.74) is 2.59. The van der Waals surface area contributed by atoms with E-state index in [0.717, 1.165) is 11.1 Å². The molecule has 2 aromatic rings. The molecule has 0 spiro atoms. The molecule has 0 N–H and O–H groups in total. The average Bonchev–Trinajstić information content (AvgIpc) is 2.39. The van der Waals surface area contributed by atoms with Gasteiger partial charge in [-0.15, -0.1) is 0 Å². The highest BCUT2D eigenvalue weighted by atomic mass is 16.5. The standard InChI is InChI=1S/C16H14O2/c1-12(2)18-16(17)15-10-6-9-14(11-15)13-7-4-3-5-8-13/h3-11H,1H2,2H3. The summed E-state index contributed by atoms with van der Waals surface area (Å²) in [6.45, 7) is 5.21. The highest BCUT2D eigenvalue weighted by Gasteiger charge is 2.08. The zero-order valence-corrected chi connectivity index (χ0v) is 10.2. The maximum absolute atomic E-state index is 11.8. The van der Waals surface area contributed by atoms with Gasteiger partial charge in [-0.05, 0) is 30.2 Å². The van der Waals surface area contributed by atoms with Crippen molar-refractivity contribution >= 4 is 5.97 Å². The molecule has 0 amide bonds. The predicted molar refractivity (Wildman–Crippen MR) is 72.1 cm³/mol. The topological polar surface area (TPSA) is 26.3 Å². The van der Waals surface area contributed by atoms with Crippen molar-refractivity contribution in [2.24, 2.45) is 0 Å². The van der Waals surface area contributed by atoms with E-state index < -0.39 is 0 Å². The molecule has 0 aromatic heterocycles. The molecule has 2 nitrogen and oxygen atoms in total. The molecule has 2 heteroatoms. The van der Waals surface area contributed by atoms with Crippen LogP contribution >= 0.6 is 0 Å². The van der Waals surface area contributed by atoms with Gasteiger partial charge in [0.05, 0.1) is 11.3 Å². The summed E-state index contributed by atoms with van der Waals surface area (Å²) in [5, 5.41) is 0. The first-order valence-electron chi connectivity index (χ1n) is 5.70. The van der Waals surface area contributed by atoms with Crippen molar-refractivity contribution in [2.75, 3.05) is 0 Å². The molecular formula is C16H14O2. The van der Waals surface area contributed by atoms with Crippen molar-refractivity contribution in [3.63, 3.8) is 0 Å². The fraction of sp³-hybridized carbons (Fsp3) is 0.0625. The van der Waals surface area contributed by atoms with Crippen LogP contribution in [0.3, 0.4) is 0 Å². The van der Waals surface area contributed by atoms with Crippen LogP contribution in [0.2, 0.25) is 0 Å². The van der Waals surface area contributed by atoms with Crippen molar-refractivity contribution in [3.05, 3.63) is 72.5 Å². The fourth-order valence-corrected chi connectivity index (χ4v) is 1.67. The van der Waals surface area contributed by atoms with Crippen LogP contribution in [0.1, 0.15) is 17.3 Å². The summed E-state index contributed by atoms with van der Waals surface area (Å²) in [6.07, 6.45) is 0. The van der Waals surface area contributed by atoms with E-state index in [0.29, 0.717) is 11.3 Å². The molecule has 90 valence electrons. The normalized spacial score (nSPS) is 9.83. The number of esters is 1. The lowest BCUT2D eigenvalue weighted by Crippen LogP contribution is -2.02. The third-order valence-corrected chi connectivity index (χ3v) is 2.47. The maximum atomic E-state index is 11.8. The lowest BCUT2D eigenvalue weighted by Gasteiger charge is -2.05. The van der Waals surface area contributed by atoms with Gasteiger partial charge in [0.1, 0.15) is 0 Å². The molecule has 0 unspecified atom stereocenters. The Labute approximate surface area is 107 Å². The third-order valence-electron chi connectivity index (χ3n) is 2.47. The van der Waals surface area contributed by atoms with Crippen LogP contribution in [0.15, 0.2) is 66.9 Å². The first-order chi connectivity index (χ1) is 8.66. The predicted octanol–water partition coefficient (Wildman–Crippen LogP) is 4.04. The molecule has 0 radical (unpaired) electrons. The first-order valence-corrected chi connectivity index (χ1v) is 5.70. The summed E-state index contributed by atoms with van der Waals surface area (Å²) in [5.74, 6) is 0.0189. The number of rotatable bonds is 3. The minimum Gasteiger partial charge on any atom is -0.428 e. The molecule has 0 aliphatic rings. The molecule has 2 aromatic carbocycles. The van der Waals surface area contributed by atoms with Gasteiger partial charge in [-0.3, -0.25) is 0 Å². The second-order valence-electron chi connectivity index (χ2n) is 4.04. The zero-order chi connectivity index (χ0) is 13.0. The number of benzene rings is 2. The van der Waals surface area contributed by atoms with Crippen LogP contribution < -0.4 is 0 Å². The molecule has 0 saturated heterocycles. The van der Waals surface area contributed by atoms with Crippen LogP contribution in [-0.2, 0) is 4.74 Å². The molecule has 0 fully saturated rings. The van der Waals surface area contributed by atoms with Crippen molar-refractivity contribution in [2.45, 2.75) is 6.92 Å². The van der Waals surface area contributed by atoms with Gasteiger partial charge in [0, 0.05) is 0 Å². The lowest BCUT2D eigenvalue weighted by atomic mass is 10.0.